The maximum atomic E-state index is 14.6. The molecular weight excluding hydrogens is 695 g/mol. The quantitative estimate of drug-likeness (QED) is 0.202. The average Bonchev–Trinajstić information content (AvgIpc) is 3.99. The number of amides is 3. The molecule has 2 saturated carbocycles. The third-order valence-corrected chi connectivity index (χ3v) is 12.5. The van der Waals surface area contributed by atoms with Gasteiger partial charge in [-0.15, -0.1) is 6.58 Å². The predicted octanol–water partition coefficient (Wildman–Crippen LogP) is 6.11. The summed E-state index contributed by atoms with van der Waals surface area (Å²) in [6, 6.07) is 16.1. The Morgan fingerprint density at radius 2 is 1.73 bits per heavy atom. The average molecular weight is 737 g/mol. The van der Waals surface area contributed by atoms with Gasteiger partial charge in [0, 0.05) is 29.6 Å². The van der Waals surface area contributed by atoms with E-state index in [9.17, 15) is 27.2 Å². The Hall–Kier alpha value is -4.42. The Bertz CT molecular complexity index is 2000. The van der Waals surface area contributed by atoms with E-state index >= 15 is 0 Å². The molecule has 0 saturated heterocycles. The van der Waals surface area contributed by atoms with Gasteiger partial charge in [0.15, 0.2) is 0 Å². The fourth-order valence-corrected chi connectivity index (χ4v) is 7.89. The van der Waals surface area contributed by atoms with Crippen LogP contribution in [0.1, 0.15) is 58.1 Å². The van der Waals surface area contributed by atoms with E-state index in [-0.39, 0.29) is 25.3 Å². The van der Waals surface area contributed by atoms with Crippen molar-refractivity contribution in [2.24, 2.45) is 11.3 Å². The van der Waals surface area contributed by atoms with Gasteiger partial charge >= 0.3 is 0 Å². The molecule has 3 amide bonds. The zero-order valence-corrected chi connectivity index (χ0v) is 30.5. The molecule has 3 N–H and O–H groups in total. The molecule has 13 heteroatoms. The first-order valence-corrected chi connectivity index (χ1v) is 18.7. The zero-order chi connectivity index (χ0) is 36.9. The largest absolute Gasteiger partial charge is 0.457 e. The molecule has 0 radical (unpaired) electrons. The summed E-state index contributed by atoms with van der Waals surface area (Å²) in [7, 11) is -3.98. The molecule has 1 heterocycles. The minimum atomic E-state index is -3.98. The van der Waals surface area contributed by atoms with E-state index in [1.807, 2.05) is 32.9 Å². The lowest BCUT2D eigenvalue weighted by Gasteiger charge is -2.41. The Balaban J connectivity index is 1.33. The van der Waals surface area contributed by atoms with Crippen molar-refractivity contribution < 1.29 is 31.9 Å². The number of ether oxygens (including phenoxy) is 1. The van der Waals surface area contributed by atoms with Gasteiger partial charge in [0.1, 0.15) is 34.9 Å². The summed E-state index contributed by atoms with van der Waals surface area (Å²) in [6.07, 6.45) is 2.63. The number of nitrogens with zero attached hydrogens (tertiary/aromatic N) is 1. The minimum Gasteiger partial charge on any atom is -0.457 e. The van der Waals surface area contributed by atoms with Gasteiger partial charge in [-0.3, -0.25) is 19.1 Å². The van der Waals surface area contributed by atoms with Crippen LogP contribution in [0.2, 0.25) is 5.02 Å². The van der Waals surface area contributed by atoms with Gasteiger partial charge in [0.2, 0.25) is 21.8 Å². The maximum Gasteiger partial charge on any atom is 0.259 e. The Morgan fingerprint density at radius 3 is 2.33 bits per heavy atom. The number of benzene rings is 3. The molecule has 0 spiro atoms. The lowest BCUT2D eigenvalue weighted by molar-refractivity contribution is -0.145. The van der Waals surface area contributed by atoms with Crippen molar-refractivity contribution in [2.45, 2.75) is 82.3 Å². The summed E-state index contributed by atoms with van der Waals surface area (Å²) >= 11 is 6.15. The first-order chi connectivity index (χ1) is 23.9. The topological polar surface area (TPSA) is 134 Å². The number of carbonyl (C=O) groups is 3. The molecule has 0 bridgehead atoms. The number of sulfonamides is 1. The Morgan fingerprint density at radius 1 is 1.04 bits per heavy atom. The van der Waals surface area contributed by atoms with Gasteiger partial charge in [0.25, 0.3) is 5.91 Å². The molecule has 6 rings (SSSR count). The van der Waals surface area contributed by atoms with Gasteiger partial charge < -0.3 is 20.3 Å². The van der Waals surface area contributed by atoms with E-state index in [1.165, 1.54) is 23.1 Å². The van der Waals surface area contributed by atoms with Crippen LogP contribution in [0.15, 0.2) is 79.4 Å². The molecule has 1 aliphatic heterocycles. The fourth-order valence-electron chi connectivity index (χ4n) is 6.40. The van der Waals surface area contributed by atoms with E-state index in [4.69, 9.17) is 16.3 Å². The lowest BCUT2D eigenvalue weighted by atomic mass is 9.84. The van der Waals surface area contributed by atoms with Crippen LogP contribution in [0.5, 0.6) is 11.5 Å². The number of anilines is 1. The number of rotatable bonds is 11. The molecular formula is C38H42ClFN4O6S. The van der Waals surface area contributed by atoms with Gasteiger partial charge in [-0.05, 0) is 97.3 Å². The molecule has 10 nitrogen and oxygen atoms in total. The van der Waals surface area contributed by atoms with Crippen LogP contribution < -0.4 is 20.1 Å². The highest BCUT2D eigenvalue weighted by Crippen LogP contribution is 2.47. The fraction of sp³-hybridized carbons (Fsp3) is 0.395. The first kappa shape index (κ1) is 36.4. The molecule has 4 atom stereocenters. The molecule has 3 aromatic carbocycles. The van der Waals surface area contributed by atoms with E-state index < -0.39 is 61.4 Å². The van der Waals surface area contributed by atoms with Crippen LogP contribution in [-0.4, -0.2) is 53.4 Å². The molecule has 2 fully saturated rings. The van der Waals surface area contributed by atoms with Crippen LogP contribution in [-0.2, 0) is 37.4 Å². The second-order valence-corrected chi connectivity index (χ2v) is 17.7. The summed E-state index contributed by atoms with van der Waals surface area (Å²) in [5, 5.41) is 6.61. The third-order valence-electron chi connectivity index (χ3n) is 10.1. The number of nitrogens with one attached hydrogen (secondary N) is 3. The standard InChI is InChI=1S/C38H42ClFN4O6S/c1-6-25-21-38(25,35(47)43-51(48,49)37(5)16-17-37)42-33(45)31-19-24-18-30(50-29-9-7-8-26(39)20-29)15-10-23(24)22-44(31)34(46)32(36(2,3)4)41-28-13-11-27(40)12-14-28/h6-15,18,20,25,31-32,41H,1,16-17,19,21-22H2,2-5H3,(H,42,45)(H,43,47). The summed E-state index contributed by atoms with van der Waals surface area (Å²) in [5.41, 5.74) is -0.109. The molecule has 3 aromatic rings. The molecule has 2 aliphatic carbocycles. The third kappa shape index (κ3) is 7.48. The van der Waals surface area contributed by atoms with Crippen LogP contribution in [0.25, 0.3) is 0 Å². The molecule has 270 valence electrons. The summed E-state index contributed by atoms with van der Waals surface area (Å²) in [4.78, 5) is 44.2. The van der Waals surface area contributed by atoms with Gasteiger partial charge in [-0.2, -0.15) is 0 Å². The lowest BCUT2D eigenvalue weighted by Crippen LogP contribution is -2.61. The van der Waals surface area contributed by atoms with Gasteiger partial charge in [0.05, 0.1) is 4.75 Å². The van der Waals surface area contributed by atoms with Crippen LogP contribution in [0, 0.1) is 17.2 Å². The van der Waals surface area contributed by atoms with Crippen molar-refractivity contribution in [3.8, 4) is 11.5 Å². The molecule has 51 heavy (non-hydrogen) atoms. The van der Waals surface area contributed by atoms with E-state index in [0.29, 0.717) is 35.1 Å². The highest BCUT2D eigenvalue weighted by Gasteiger charge is 2.62. The number of halogens is 2. The number of hydrogen-bond acceptors (Lipinski definition) is 7. The Labute approximate surface area is 302 Å². The number of hydrogen-bond donors (Lipinski definition) is 3. The van der Waals surface area contributed by atoms with Crippen molar-refractivity contribution in [1.29, 1.82) is 0 Å². The monoisotopic (exact) mass is 736 g/mol. The second kappa shape index (κ2) is 13.3. The summed E-state index contributed by atoms with van der Waals surface area (Å²) < 4.78 is 47.0. The van der Waals surface area contributed by atoms with Gasteiger partial charge in [-0.1, -0.05) is 50.6 Å². The summed E-state index contributed by atoms with van der Waals surface area (Å²) in [6.45, 7) is 11.1. The smallest absolute Gasteiger partial charge is 0.259 e. The number of carbonyl (C=O) groups excluding carboxylic acids is 3. The minimum absolute atomic E-state index is 0.0677. The molecule has 3 aliphatic rings. The van der Waals surface area contributed by atoms with Crippen molar-refractivity contribution in [3.63, 3.8) is 0 Å². The van der Waals surface area contributed by atoms with E-state index in [2.05, 4.69) is 21.9 Å². The van der Waals surface area contributed by atoms with Crippen LogP contribution in [0.4, 0.5) is 10.1 Å². The number of fused-ring (bicyclic) bond motifs is 1. The second-order valence-electron chi connectivity index (χ2n) is 15.0. The maximum absolute atomic E-state index is 14.6. The van der Waals surface area contributed by atoms with Crippen LogP contribution >= 0.6 is 11.6 Å². The Kier molecular flexibility index (Phi) is 9.47. The normalized spacial score (nSPS) is 22.5. The highest BCUT2D eigenvalue weighted by molar-refractivity contribution is 7.91. The van der Waals surface area contributed by atoms with E-state index in [1.54, 1.807) is 49.4 Å². The van der Waals surface area contributed by atoms with Crippen molar-refractivity contribution in [2.75, 3.05) is 5.32 Å². The van der Waals surface area contributed by atoms with Crippen molar-refractivity contribution >= 4 is 45.0 Å². The highest BCUT2D eigenvalue weighted by atomic mass is 35.5. The van der Waals surface area contributed by atoms with Crippen molar-refractivity contribution in [1.82, 2.24) is 14.9 Å². The van der Waals surface area contributed by atoms with E-state index in [0.717, 1.165) is 11.1 Å². The predicted molar refractivity (Wildman–Crippen MR) is 193 cm³/mol. The SMILES string of the molecule is C=CC1CC1(NC(=O)C1Cc2cc(Oc3cccc(Cl)c3)ccc2CN1C(=O)C(Nc1ccc(F)cc1)C(C)(C)C)C(=O)NS(=O)(=O)C1(C)CC1. The zero-order valence-electron chi connectivity index (χ0n) is 29.0. The van der Waals surface area contributed by atoms with Crippen LogP contribution in [0.3, 0.4) is 0 Å². The van der Waals surface area contributed by atoms with Gasteiger partial charge in [-0.25, -0.2) is 12.8 Å². The summed E-state index contributed by atoms with van der Waals surface area (Å²) in [5.74, 6) is -1.72. The molecule has 4 unspecified atom stereocenters. The van der Waals surface area contributed by atoms with Crippen molar-refractivity contribution in [3.05, 3.63) is 101 Å². The molecule has 0 aromatic heterocycles. The first-order valence-electron chi connectivity index (χ1n) is 16.8.